The van der Waals surface area contributed by atoms with Gasteiger partial charge in [0.1, 0.15) is 11.6 Å². The zero-order valence-electron chi connectivity index (χ0n) is 21.6. The number of ether oxygens (including phenoxy) is 1. The molecule has 1 aliphatic heterocycles. The maximum atomic E-state index is 11.8. The number of carbonyl (C=O) groups excluding carboxylic acids is 1. The molecule has 1 saturated heterocycles. The van der Waals surface area contributed by atoms with Crippen molar-refractivity contribution in [3.8, 4) is 17.3 Å². The van der Waals surface area contributed by atoms with Crippen LogP contribution >= 0.6 is 11.6 Å². The van der Waals surface area contributed by atoms with Gasteiger partial charge in [0.15, 0.2) is 0 Å². The summed E-state index contributed by atoms with van der Waals surface area (Å²) in [5, 5.41) is 20.2. The Kier molecular flexibility index (Phi) is 9.06. The molecule has 2 aliphatic rings. The molecule has 2 aromatic rings. The van der Waals surface area contributed by atoms with E-state index >= 15 is 0 Å². The van der Waals surface area contributed by atoms with Crippen molar-refractivity contribution >= 4 is 29.3 Å². The van der Waals surface area contributed by atoms with Gasteiger partial charge in [-0.15, -0.1) is 0 Å². The number of aromatic nitrogens is 2. The highest BCUT2D eigenvalue weighted by molar-refractivity contribution is 6.33. The molecule has 2 fully saturated rings. The number of hydrogen-bond donors (Lipinski definition) is 3. The largest absolute Gasteiger partial charge is 0.381 e. The maximum Gasteiger partial charge on any atom is 0.316 e. The van der Waals surface area contributed by atoms with Gasteiger partial charge in [-0.3, -0.25) is 0 Å². The third-order valence-corrected chi connectivity index (χ3v) is 7.62. The smallest absolute Gasteiger partial charge is 0.316 e. The van der Waals surface area contributed by atoms with Gasteiger partial charge in [-0.2, -0.15) is 5.26 Å². The lowest BCUT2D eigenvalue weighted by Crippen LogP contribution is -2.39. The van der Waals surface area contributed by atoms with E-state index in [1.54, 1.807) is 25.2 Å². The molecular weight excluding hydrogens is 490 g/mol. The predicted octanol–water partition coefficient (Wildman–Crippen LogP) is 4.77. The lowest BCUT2D eigenvalue weighted by molar-refractivity contribution is 0.0455. The van der Waals surface area contributed by atoms with Gasteiger partial charge in [0, 0.05) is 58.2 Å². The molecule has 0 bridgehead atoms. The third-order valence-electron chi connectivity index (χ3n) is 7.32. The molecule has 2 amide bonds. The highest BCUT2D eigenvalue weighted by Gasteiger charge is 2.32. The van der Waals surface area contributed by atoms with Crippen LogP contribution in [0.3, 0.4) is 0 Å². The minimum Gasteiger partial charge on any atom is -0.381 e. The zero-order valence-corrected chi connectivity index (χ0v) is 22.4. The number of amides is 2. The normalized spacial score (nSPS) is 20.9. The summed E-state index contributed by atoms with van der Waals surface area (Å²) in [5.74, 6) is 1.98. The van der Waals surface area contributed by atoms with E-state index in [1.165, 1.54) is 0 Å². The lowest BCUT2D eigenvalue weighted by atomic mass is 9.82. The molecule has 9 nitrogen and oxygen atoms in total. The van der Waals surface area contributed by atoms with Crippen LogP contribution in [0.4, 0.5) is 16.4 Å². The van der Waals surface area contributed by atoms with Crippen LogP contribution in [0.25, 0.3) is 11.3 Å². The van der Waals surface area contributed by atoms with E-state index in [4.69, 9.17) is 21.3 Å². The maximum absolute atomic E-state index is 11.8. The SMILES string of the molecule is CN(C)C(=O)NCC1CCC(Nc2cc(-c3cccc(NCC4(C#N)CCOCC4)n3)c(Cl)cn2)CC1. The Morgan fingerprint density at radius 3 is 2.68 bits per heavy atom. The lowest BCUT2D eigenvalue weighted by Gasteiger charge is -2.30. The van der Waals surface area contributed by atoms with Crippen LogP contribution in [0.2, 0.25) is 5.02 Å². The topological polar surface area (TPSA) is 115 Å². The molecule has 3 heterocycles. The molecule has 0 aromatic carbocycles. The van der Waals surface area contributed by atoms with Crippen LogP contribution in [0, 0.1) is 22.7 Å². The first-order valence-electron chi connectivity index (χ1n) is 12.9. The summed E-state index contributed by atoms with van der Waals surface area (Å²) in [6.07, 6.45) is 7.24. The number of nitriles is 1. The second kappa shape index (κ2) is 12.4. The van der Waals surface area contributed by atoms with E-state index in [9.17, 15) is 10.1 Å². The first-order chi connectivity index (χ1) is 17.9. The Balaban J connectivity index is 1.35. The summed E-state index contributed by atoms with van der Waals surface area (Å²) in [5.41, 5.74) is 1.13. The van der Waals surface area contributed by atoms with Crippen molar-refractivity contribution in [1.82, 2.24) is 20.2 Å². The Bertz CT molecular complexity index is 1110. The quantitative estimate of drug-likeness (QED) is 0.454. The summed E-state index contributed by atoms with van der Waals surface area (Å²) in [7, 11) is 3.51. The number of nitrogens with zero attached hydrogens (tertiary/aromatic N) is 4. The number of hydrogen-bond acceptors (Lipinski definition) is 7. The summed E-state index contributed by atoms with van der Waals surface area (Å²) >= 11 is 6.53. The number of halogens is 1. The van der Waals surface area contributed by atoms with E-state index in [0.717, 1.165) is 42.8 Å². The highest BCUT2D eigenvalue weighted by Crippen LogP contribution is 2.32. The first kappa shape index (κ1) is 27.0. The van der Waals surface area contributed by atoms with E-state index < -0.39 is 5.41 Å². The van der Waals surface area contributed by atoms with Crippen molar-refractivity contribution in [1.29, 1.82) is 5.26 Å². The Hall–Kier alpha value is -3.09. The molecule has 0 unspecified atom stereocenters. The van der Waals surface area contributed by atoms with Crippen molar-refractivity contribution in [2.45, 2.75) is 44.6 Å². The number of nitrogens with one attached hydrogen (secondary N) is 3. The van der Waals surface area contributed by atoms with E-state index in [2.05, 4.69) is 27.0 Å². The molecule has 4 rings (SSSR count). The van der Waals surface area contributed by atoms with Crippen molar-refractivity contribution in [3.05, 3.63) is 35.5 Å². The molecule has 0 spiro atoms. The van der Waals surface area contributed by atoms with E-state index in [1.807, 2.05) is 24.3 Å². The number of rotatable bonds is 8. The van der Waals surface area contributed by atoms with Gasteiger partial charge in [0.25, 0.3) is 0 Å². The highest BCUT2D eigenvalue weighted by atomic mass is 35.5. The number of carbonyl (C=O) groups is 1. The molecule has 37 heavy (non-hydrogen) atoms. The van der Waals surface area contributed by atoms with Gasteiger partial charge < -0.3 is 25.6 Å². The molecule has 0 atom stereocenters. The zero-order chi connectivity index (χ0) is 26.3. The van der Waals surface area contributed by atoms with Crippen LogP contribution < -0.4 is 16.0 Å². The standard InChI is InChI=1S/C27H36ClN7O2/c1-35(2)26(36)31-15-19-6-8-20(9-7-19)33-25-14-21(22(28)16-30-25)23-4-3-5-24(34-23)32-18-27(17-29)10-12-37-13-11-27/h3-5,14,16,19-20H,6-13,15,18H2,1-2H3,(H,30,33)(H,31,36)(H,32,34). The summed E-state index contributed by atoms with van der Waals surface area (Å²) in [6, 6.07) is 10.5. The minimum absolute atomic E-state index is 0.0424. The van der Waals surface area contributed by atoms with Gasteiger partial charge >= 0.3 is 6.03 Å². The van der Waals surface area contributed by atoms with Crippen LogP contribution in [0.5, 0.6) is 0 Å². The van der Waals surface area contributed by atoms with Gasteiger partial charge in [-0.25, -0.2) is 14.8 Å². The Morgan fingerprint density at radius 2 is 1.97 bits per heavy atom. The summed E-state index contributed by atoms with van der Waals surface area (Å²) < 4.78 is 5.43. The van der Waals surface area contributed by atoms with E-state index in [0.29, 0.717) is 61.9 Å². The predicted molar refractivity (Wildman–Crippen MR) is 146 cm³/mol. The number of anilines is 2. The molecule has 1 saturated carbocycles. The van der Waals surface area contributed by atoms with Crippen molar-refractivity contribution in [2.24, 2.45) is 11.3 Å². The number of pyridine rings is 2. The summed E-state index contributed by atoms with van der Waals surface area (Å²) in [6.45, 7) is 2.47. The molecule has 2 aromatic heterocycles. The first-order valence-corrected chi connectivity index (χ1v) is 13.3. The van der Waals surface area contributed by atoms with Gasteiger partial charge in [0.2, 0.25) is 0 Å². The van der Waals surface area contributed by atoms with Gasteiger partial charge in [-0.1, -0.05) is 17.7 Å². The van der Waals surface area contributed by atoms with Gasteiger partial charge in [-0.05, 0) is 62.6 Å². The average molecular weight is 526 g/mol. The molecule has 3 N–H and O–H groups in total. The fourth-order valence-corrected chi connectivity index (χ4v) is 5.06. The van der Waals surface area contributed by atoms with Crippen LogP contribution in [-0.2, 0) is 4.74 Å². The minimum atomic E-state index is -0.432. The average Bonchev–Trinajstić information content (AvgIpc) is 2.93. The second-order valence-corrected chi connectivity index (χ2v) is 10.7. The second-order valence-electron chi connectivity index (χ2n) is 10.3. The molecular formula is C27H36ClN7O2. The Labute approximate surface area is 224 Å². The third kappa shape index (κ3) is 7.24. The van der Waals surface area contributed by atoms with Crippen molar-refractivity contribution < 1.29 is 9.53 Å². The van der Waals surface area contributed by atoms with Crippen LogP contribution in [0.15, 0.2) is 30.5 Å². The molecule has 198 valence electrons. The van der Waals surface area contributed by atoms with Crippen molar-refractivity contribution in [3.63, 3.8) is 0 Å². The van der Waals surface area contributed by atoms with Crippen LogP contribution in [0.1, 0.15) is 38.5 Å². The van der Waals surface area contributed by atoms with Gasteiger partial charge in [0.05, 0.1) is 22.2 Å². The number of urea groups is 1. The fraction of sp³-hybridized carbons (Fsp3) is 0.556. The van der Waals surface area contributed by atoms with Crippen LogP contribution in [-0.4, -0.2) is 67.3 Å². The monoisotopic (exact) mass is 525 g/mol. The fourth-order valence-electron chi connectivity index (χ4n) is 4.86. The molecule has 1 aliphatic carbocycles. The Morgan fingerprint density at radius 1 is 1.22 bits per heavy atom. The summed E-state index contributed by atoms with van der Waals surface area (Å²) in [4.78, 5) is 22.6. The molecule has 0 radical (unpaired) electrons. The molecule has 10 heteroatoms. The van der Waals surface area contributed by atoms with E-state index in [-0.39, 0.29) is 6.03 Å². The van der Waals surface area contributed by atoms with Crippen molar-refractivity contribution in [2.75, 3.05) is 51.0 Å².